The lowest BCUT2D eigenvalue weighted by Crippen LogP contribution is -2.43. The molecule has 0 saturated carbocycles. The molecule has 1 aromatic rings. The molecule has 23 heavy (non-hydrogen) atoms. The van der Waals surface area contributed by atoms with Crippen molar-refractivity contribution in [3.63, 3.8) is 0 Å². The topological polar surface area (TPSA) is 39.4 Å². The summed E-state index contributed by atoms with van der Waals surface area (Å²) in [7, 11) is -0.394. The molecule has 0 unspecified atom stereocenters. The van der Waals surface area contributed by atoms with Crippen LogP contribution in [0.2, 0.25) is 16.6 Å². The second-order valence-corrected chi connectivity index (χ2v) is 12.6. The number of esters is 1. The summed E-state index contributed by atoms with van der Waals surface area (Å²) >= 11 is 0. The molecule has 3 nitrogen and oxygen atoms in total. The molecule has 4 heteroatoms. The fourth-order valence-electron chi connectivity index (χ4n) is 3.62. The van der Waals surface area contributed by atoms with Crippen molar-refractivity contribution in [1.29, 1.82) is 0 Å². The zero-order valence-corrected chi connectivity index (χ0v) is 16.5. The van der Waals surface area contributed by atoms with Gasteiger partial charge in [0.1, 0.15) is 8.07 Å². The van der Waals surface area contributed by atoms with E-state index in [0.717, 1.165) is 5.56 Å². The molecule has 0 N–H and O–H groups in total. The summed E-state index contributed by atoms with van der Waals surface area (Å²) in [4.78, 5) is 11.7. The number of methoxy groups -OCH3 is 1. The Morgan fingerprint density at radius 2 is 1.74 bits per heavy atom. The summed E-state index contributed by atoms with van der Waals surface area (Å²) in [6.07, 6.45) is 3.56. The van der Waals surface area contributed by atoms with Gasteiger partial charge in [0.05, 0.1) is 32.0 Å². The van der Waals surface area contributed by atoms with Gasteiger partial charge in [0.25, 0.3) is 0 Å². The largest absolute Gasteiger partial charge is 0.472 e. The van der Waals surface area contributed by atoms with E-state index in [2.05, 4.69) is 53.0 Å². The first-order valence-corrected chi connectivity index (χ1v) is 10.6. The Morgan fingerprint density at radius 1 is 1.17 bits per heavy atom. The smallest absolute Gasteiger partial charge is 0.307 e. The lowest BCUT2D eigenvalue weighted by molar-refractivity contribution is -0.140. The van der Waals surface area contributed by atoms with Gasteiger partial charge < -0.3 is 9.15 Å². The highest BCUT2D eigenvalue weighted by atomic mass is 28.3. The molecule has 1 aromatic heterocycles. The lowest BCUT2D eigenvalue weighted by atomic mass is 10.00. The van der Waals surface area contributed by atoms with Gasteiger partial charge in [-0.2, -0.15) is 0 Å². The van der Waals surface area contributed by atoms with Crippen molar-refractivity contribution in [3.05, 3.63) is 24.2 Å². The van der Waals surface area contributed by atoms with Crippen molar-refractivity contribution in [3.8, 4) is 11.5 Å². The van der Waals surface area contributed by atoms with Gasteiger partial charge in [-0.3, -0.25) is 4.79 Å². The SMILES string of the molecule is COC(=O)C[C@@H](C#C[Si](C(C)C)(C(C)C)C(C)C)c1ccoc1. The normalized spacial score (nSPS) is 13.1. The summed E-state index contributed by atoms with van der Waals surface area (Å²) in [5, 5.41) is 0. The van der Waals surface area contributed by atoms with Gasteiger partial charge in [0.2, 0.25) is 0 Å². The Morgan fingerprint density at radius 3 is 2.13 bits per heavy atom. The van der Waals surface area contributed by atoms with Gasteiger partial charge in [0.15, 0.2) is 0 Å². The van der Waals surface area contributed by atoms with Gasteiger partial charge in [-0.1, -0.05) is 41.5 Å². The van der Waals surface area contributed by atoms with Crippen molar-refractivity contribution < 1.29 is 13.9 Å². The van der Waals surface area contributed by atoms with Crippen molar-refractivity contribution in [2.24, 2.45) is 0 Å². The first kappa shape index (κ1) is 19.6. The molecule has 0 amide bonds. The molecule has 1 heterocycles. The Hall–Kier alpha value is -1.47. The zero-order chi connectivity index (χ0) is 17.6. The number of furan rings is 1. The van der Waals surface area contributed by atoms with Gasteiger partial charge >= 0.3 is 5.97 Å². The first-order chi connectivity index (χ1) is 10.8. The molecule has 0 aliphatic heterocycles. The highest BCUT2D eigenvalue weighted by molar-refractivity contribution is 6.90. The molecule has 1 atom stereocenters. The fraction of sp³-hybridized carbons (Fsp3) is 0.632. The van der Waals surface area contributed by atoms with E-state index in [1.54, 1.807) is 12.5 Å². The number of ether oxygens (including phenoxy) is 1. The minimum atomic E-state index is -1.81. The third-order valence-corrected chi connectivity index (χ3v) is 11.2. The summed E-state index contributed by atoms with van der Waals surface area (Å²) in [6.45, 7) is 13.7. The number of rotatable bonds is 6. The van der Waals surface area contributed by atoms with Crippen LogP contribution in [0.1, 0.15) is 59.4 Å². The van der Waals surface area contributed by atoms with Crippen molar-refractivity contribution in [1.82, 2.24) is 0 Å². The van der Waals surface area contributed by atoms with E-state index in [-0.39, 0.29) is 18.3 Å². The van der Waals surface area contributed by atoms with E-state index >= 15 is 0 Å². The standard InChI is InChI=1S/C19H30O3Si/c1-14(2)23(15(3)4,16(5)6)11-9-17(12-19(20)21-7)18-8-10-22-13-18/h8,10,13-17H,12H2,1-7H3/t17-/m1/s1. The molecule has 0 spiro atoms. The van der Waals surface area contributed by atoms with E-state index < -0.39 is 8.07 Å². The van der Waals surface area contributed by atoms with E-state index in [9.17, 15) is 4.79 Å². The van der Waals surface area contributed by atoms with Crippen molar-refractivity contribution in [2.75, 3.05) is 7.11 Å². The third-order valence-electron chi connectivity index (χ3n) is 4.87. The summed E-state index contributed by atoms with van der Waals surface area (Å²) in [5.74, 6) is 3.02. The molecule has 0 aromatic carbocycles. The van der Waals surface area contributed by atoms with Crippen LogP contribution in [0.25, 0.3) is 0 Å². The van der Waals surface area contributed by atoms with Gasteiger partial charge in [-0.05, 0) is 22.7 Å². The summed E-state index contributed by atoms with van der Waals surface area (Å²) in [5.41, 5.74) is 6.34. The average molecular weight is 335 g/mol. The monoisotopic (exact) mass is 334 g/mol. The molecular weight excluding hydrogens is 304 g/mol. The van der Waals surface area contributed by atoms with E-state index in [4.69, 9.17) is 9.15 Å². The van der Waals surface area contributed by atoms with Gasteiger partial charge in [-0.15, -0.1) is 11.5 Å². The van der Waals surface area contributed by atoms with Crippen LogP contribution in [0.4, 0.5) is 0 Å². The molecule has 0 aliphatic carbocycles. The maximum Gasteiger partial charge on any atom is 0.307 e. The van der Waals surface area contributed by atoms with Gasteiger partial charge in [0, 0.05) is 5.56 Å². The lowest BCUT2D eigenvalue weighted by Gasteiger charge is -2.38. The van der Waals surface area contributed by atoms with E-state index in [1.165, 1.54) is 7.11 Å². The summed E-state index contributed by atoms with van der Waals surface area (Å²) < 4.78 is 10.0. The second-order valence-electron chi connectivity index (χ2n) is 7.06. The molecule has 128 valence electrons. The van der Waals surface area contributed by atoms with Crippen LogP contribution >= 0.6 is 0 Å². The Balaban J connectivity index is 3.24. The van der Waals surface area contributed by atoms with E-state index in [1.807, 2.05) is 6.07 Å². The summed E-state index contributed by atoms with van der Waals surface area (Å²) in [6, 6.07) is 1.88. The fourth-order valence-corrected chi connectivity index (χ4v) is 8.91. The quantitative estimate of drug-likeness (QED) is 0.410. The average Bonchev–Trinajstić information content (AvgIpc) is 2.99. The zero-order valence-electron chi connectivity index (χ0n) is 15.5. The van der Waals surface area contributed by atoms with Crippen LogP contribution in [0.5, 0.6) is 0 Å². The maximum absolute atomic E-state index is 11.7. The molecule has 0 radical (unpaired) electrons. The number of hydrogen-bond acceptors (Lipinski definition) is 3. The molecule has 1 rings (SSSR count). The predicted molar refractivity (Wildman–Crippen MR) is 96.9 cm³/mol. The van der Waals surface area contributed by atoms with Crippen LogP contribution in [0.3, 0.4) is 0 Å². The Kier molecular flexibility index (Phi) is 7.15. The van der Waals surface area contributed by atoms with Crippen LogP contribution < -0.4 is 0 Å². The highest BCUT2D eigenvalue weighted by Gasteiger charge is 2.41. The molecule has 0 fully saturated rings. The number of carbonyl (C=O) groups is 1. The molecule has 0 bridgehead atoms. The van der Waals surface area contributed by atoms with Crippen LogP contribution in [0.15, 0.2) is 23.0 Å². The number of carbonyl (C=O) groups excluding carboxylic acids is 1. The first-order valence-electron chi connectivity index (χ1n) is 8.37. The van der Waals surface area contributed by atoms with Gasteiger partial charge in [-0.25, -0.2) is 0 Å². The van der Waals surface area contributed by atoms with Crippen molar-refractivity contribution in [2.45, 2.75) is 70.5 Å². The van der Waals surface area contributed by atoms with Crippen LogP contribution in [0, 0.1) is 11.5 Å². The third kappa shape index (κ3) is 4.51. The molecule has 0 saturated heterocycles. The highest BCUT2D eigenvalue weighted by Crippen LogP contribution is 2.41. The predicted octanol–water partition coefficient (Wildman–Crippen LogP) is 5.15. The van der Waals surface area contributed by atoms with Crippen LogP contribution in [-0.2, 0) is 9.53 Å². The van der Waals surface area contributed by atoms with Crippen molar-refractivity contribution >= 4 is 14.0 Å². The second kappa shape index (κ2) is 8.40. The number of hydrogen-bond donors (Lipinski definition) is 0. The van der Waals surface area contributed by atoms with Crippen LogP contribution in [-0.4, -0.2) is 21.2 Å². The molecular formula is C19H30O3Si. The minimum Gasteiger partial charge on any atom is -0.472 e. The minimum absolute atomic E-state index is 0.163. The maximum atomic E-state index is 11.7. The molecule has 0 aliphatic rings. The Labute approximate surface area is 141 Å². The Bertz CT molecular complexity index is 525. The van der Waals surface area contributed by atoms with E-state index in [0.29, 0.717) is 16.6 Å².